The number of pyridine rings is 2. The highest BCUT2D eigenvalue weighted by Gasteiger charge is 2.19. The van der Waals surface area contributed by atoms with Gasteiger partial charge in [-0.3, -0.25) is 15.1 Å². The van der Waals surface area contributed by atoms with Gasteiger partial charge in [-0.1, -0.05) is 36.5 Å². The number of amides is 3. The van der Waals surface area contributed by atoms with Crippen LogP contribution < -0.4 is 10.6 Å². The molecule has 0 unspecified atom stereocenters. The minimum atomic E-state index is -0.912. The molecule has 0 saturated heterocycles. The van der Waals surface area contributed by atoms with Gasteiger partial charge in [-0.05, 0) is 31.0 Å². The number of nitrogens with one attached hydrogen (secondary N) is 2. The van der Waals surface area contributed by atoms with Crippen LogP contribution in [0.15, 0.2) is 18.3 Å². The average Bonchev–Trinajstić information content (AvgIpc) is 2.54. The van der Waals surface area contributed by atoms with E-state index in [0.717, 1.165) is 18.1 Å². The van der Waals surface area contributed by atoms with E-state index in [1.54, 1.807) is 12.3 Å². The molecule has 0 aliphatic heterocycles. The third kappa shape index (κ3) is 4.64. The fourth-order valence-corrected chi connectivity index (χ4v) is 2.54. The zero-order valence-corrected chi connectivity index (χ0v) is 15.0. The summed E-state index contributed by atoms with van der Waals surface area (Å²) >= 11 is 11.2. The van der Waals surface area contributed by atoms with Crippen molar-refractivity contribution in [1.82, 2.24) is 15.3 Å². The Labute approximate surface area is 153 Å². The van der Waals surface area contributed by atoms with E-state index in [9.17, 15) is 14.0 Å². The number of urea groups is 1. The van der Waals surface area contributed by atoms with Crippen LogP contribution in [0.2, 0.25) is 10.3 Å². The third-order valence-corrected chi connectivity index (χ3v) is 3.87. The Kier molecular flexibility index (Phi) is 6.27. The fourth-order valence-electron chi connectivity index (χ4n) is 2.13. The standard InChI is InChI=1S/C16H15Cl2FN4O2/c1-3-4-11-12(8(2)5-6-20-11)21-16(25)23-15(24)9-7-10(19)14(18)22-13(9)17/h5-7H,3-4H2,1-2H3,(H2,21,23,24,25). The number of carbonyl (C=O) groups excluding carboxylic acids is 2. The summed E-state index contributed by atoms with van der Waals surface area (Å²) in [6.45, 7) is 3.80. The van der Waals surface area contributed by atoms with Gasteiger partial charge in [-0.25, -0.2) is 14.2 Å². The highest BCUT2D eigenvalue weighted by atomic mass is 35.5. The fraction of sp³-hybridized carbons (Fsp3) is 0.250. The molecule has 2 N–H and O–H groups in total. The Morgan fingerprint density at radius 3 is 2.68 bits per heavy atom. The van der Waals surface area contributed by atoms with Gasteiger partial charge in [0.2, 0.25) is 0 Å². The van der Waals surface area contributed by atoms with Crippen LogP contribution in [0, 0.1) is 12.7 Å². The van der Waals surface area contributed by atoms with Crippen molar-refractivity contribution in [2.75, 3.05) is 5.32 Å². The first-order valence-corrected chi connectivity index (χ1v) is 8.17. The van der Waals surface area contributed by atoms with Gasteiger partial charge >= 0.3 is 6.03 Å². The molecule has 0 fully saturated rings. The molecule has 0 spiro atoms. The lowest BCUT2D eigenvalue weighted by Crippen LogP contribution is -2.35. The SMILES string of the molecule is CCCc1nccc(C)c1NC(=O)NC(=O)c1cc(F)c(Cl)nc1Cl. The van der Waals surface area contributed by atoms with Crippen molar-refractivity contribution in [3.8, 4) is 0 Å². The lowest BCUT2D eigenvalue weighted by molar-refractivity contribution is 0.0966. The van der Waals surface area contributed by atoms with Gasteiger partial charge in [0.05, 0.1) is 16.9 Å². The Morgan fingerprint density at radius 2 is 2.00 bits per heavy atom. The molecule has 0 radical (unpaired) electrons. The molecule has 132 valence electrons. The molecule has 25 heavy (non-hydrogen) atoms. The highest BCUT2D eigenvalue weighted by Crippen LogP contribution is 2.21. The Bertz CT molecular complexity index is 830. The maximum Gasteiger partial charge on any atom is 0.326 e. The lowest BCUT2D eigenvalue weighted by Gasteiger charge is -2.13. The summed E-state index contributed by atoms with van der Waals surface area (Å²) in [6.07, 6.45) is 3.16. The predicted octanol–water partition coefficient (Wildman–Crippen LogP) is 4.15. The molecule has 6 nitrogen and oxygen atoms in total. The number of anilines is 1. The maximum atomic E-state index is 13.5. The number of aryl methyl sites for hydroxylation is 2. The van der Waals surface area contributed by atoms with Crippen LogP contribution in [0.4, 0.5) is 14.9 Å². The zero-order valence-electron chi connectivity index (χ0n) is 13.5. The first-order valence-electron chi connectivity index (χ1n) is 7.41. The van der Waals surface area contributed by atoms with Crippen LogP contribution in [0.5, 0.6) is 0 Å². The topological polar surface area (TPSA) is 84.0 Å². The van der Waals surface area contributed by atoms with Gasteiger partial charge < -0.3 is 5.32 Å². The summed E-state index contributed by atoms with van der Waals surface area (Å²) in [7, 11) is 0. The molecule has 0 aromatic carbocycles. The van der Waals surface area contributed by atoms with Crippen molar-refractivity contribution in [3.63, 3.8) is 0 Å². The van der Waals surface area contributed by atoms with E-state index in [4.69, 9.17) is 23.2 Å². The highest BCUT2D eigenvalue weighted by molar-refractivity contribution is 6.35. The molecular formula is C16H15Cl2FN4O2. The molecule has 0 aliphatic carbocycles. The smallest absolute Gasteiger partial charge is 0.306 e. The number of halogens is 3. The third-order valence-electron chi connectivity index (χ3n) is 3.32. The molecule has 0 atom stereocenters. The molecule has 2 aromatic rings. The monoisotopic (exact) mass is 384 g/mol. The summed E-state index contributed by atoms with van der Waals surface area (Å²) < 4.78 is 13.5. The van der Waals surface area contributed by atoms with Crippen molar-refractivity contribution < 1.29 is 14.0 Å². The van der Waals surface area contributed by atoms with Gasteiger partial charge in [-0.15, -0.1) is 0 Å². The van der Waals surface area contributed by atoms with Crippen molar-refractivity contribution in [2.45, 2.75) is 26.7 Å². The summed E-state index contributed by atoms with van der Waals surface area (Å²) in [5.41, 5.74) is 1.75. The first kappa shape index (κ1) is 19.1. The second-order valence-electron chi connectivity index (χ2n) is 5.21. The predicted molar refractivity (Wildman–Crippen MR) is 93.7 cm³/mol. The largest absolute Gasteiger partial charge is 0.326 e. The average molecular weight is 385 g/mol. The van der Waals surface area contributed by atoms with Crippen LogP contribution in [-0.4, -0.2) is 21.9 Å². The van der Waals surface area contributed by atoms with Crippen LogP contribution >= 0.6 is 23.2 Å². The lowest BCUT2D eigenvalue weighted by atomic mass is 10.1. The van der Waals surface area contributed by atoms with Crippen molar-refractivity contribution in [3.05, 3.63) is 51.3 Å². The summed E-state index contributed by atoms with van der Waals surface area (Å²) in [5.74, 6) is -1.81. The molecule has 2 heterocycles. The quantitative estimate of drug-likeness (QED) is 0.775. The van der Waals surface area contributed by atoms with Crippen molar-refractivity contribution >= 4 is 40.8 Å². The van der Waals surface area contributed by atoms with Gasteiger partial charge in [0, 0.05) is 6.20 Å². The van der Waals surface area contributed by atoms with Crippen LogP contribution in [0.25, 0.3) is 0 Å². The van der Waals surface area contributed by atoms with Gasteiger partial charge in [-0.2, -0.15) is 0 Å². The Hall–Kier alpha value is -2.25. The van der Waals surface area contributed by atoms with E-state index in [1.807, 2.05) is 13.8 Å². The molecular weight excluding hydrogens is 370 g/mol. The van der Waals surface area contributed by atoms with Crippen molar-refractivity contribution in [1.29, 1.82) is 0 Å². The minimum Gasteiger partial charge on any atom is -0.306 e. The van der Waals surface area contributed by atoms with E-state index in [1.165, 1.54) is 0 Å². The second kappa shape index (κ2) is 8.22. The van der Waals surface area contributed by atoms with Crippen LogP contribution in [0.3, 0.4) is 0 Å². The minimum absolute atomic E-state index is 0.296. The van der Waals surface area contributed by atoms with Crippen LogP contribution in [-0.2, 0) is 6.42 Å². The van der Waals surface area contributed by atoms with Crippen molar-refractivity contribution in [2.24, 2.45) is 0 Å². The van der Waals surface area contributed by atoms with E-state index < -0.39 is 22.9 Å². The number of nitrogens with zero attached hydrogens (tertiary/aromatic N) is 2. The Balaban J connectivity index is 2.16. The normalized spacial score (nSPS) is 10.4. The number of rotatable bonds is 4. The molecule has 0 aliphatic rings. The second-order valence-corrected chi connectivity index (χ2v) is 5.92. The molecule has 3 amide bonds. The summed E-state index contributed by atoms with van der Waals surface area (Å²) in [6, 6.07) is 1.77. The van der Waals surface area contributed by atoms with Gasteiger partial charge in [0.15, 0.2) is 11.0 Å². The molecule has 9 heteroatoms. The number of hydrogen-bond acceptors (Lipinski definition) is 4. The molecule has 2 aromatic heterocycles. The maximum absolute atomic E-state index is 13.5. The van der Waals surface area contributed by atoms with E-state index in [2.05, 4.69) is 20.6 Å². The molecule has 2 rings (SSSR count). The summed E-state index contributed by atoms with van der Waals surface area (Å²) in [5, 5.41) is 3.91. The number of aromatic nitrogens is 2. The molecule has 0 saturated carbocycles. The van der Waals surface area contributed by atoms with Crippen LogP contribution in [0.1, 0.15) is 35.0 Å². The van der Waals surface area contributed by atoms with Gasteiger partial charge in [0.25, 0.3) is 5.91 Å². The number of hydrogen-bond donors (Lipinski definition) is 2. The number of imide groups is 1. The zero-order chi connectivity index (χ0) is 18.6. The number of carbonyl (C=O) groups is 2. The first-order chi connectivity index (χ1) is 11.8. The summed E-state index contributed by atoms with van der Waals surface area (Å²) in [4.78, 5) is 31.9. The van der Waals surface area contributed by atoms with E-state index >= 15 is 0 Å². The Morgan fingerprint density at radius 1 is 1.28 bits per heavy atom. The van der Waals surface area contributed by atoms with E-state index in [0.29, 0.717) is 17.8 Å². The van der Waals surface area contributed by atoms with E-state index in [-0.39, 0.29) is 10.7 Å². The van der Waals surface area contributed by atoms with Gasteiger partial charge in [0.1, 0.15) is 5.15 Å². The molecule has 0 bridgehead atoms.